The Labute approximate surface area is 143 Å². The summed E-state index contributed by atoms with van der Waals surface area (Å²) in [7, 11) is 0. The predicted octanol–water partition coefficient (Wildman–Crippen LogP) is 3.73. The summed E-state index contributed by atoms with van der Waals surface area (Å²) in [6, 6.07) is 7.73. The second-order valence-corrected chi connectivity index (χ2v) is 7.26. The van der Waals surface area contributed by atoms with E-state index in [1.807, 2.05) is 50.4 Å². The predicted molar refractivity (Wildman–Crippen MR) is 94.6 cm³/mol. The van der Waals surface area contributed by atoms with Crippen molar-refractivity contribution in [1.29, 1.82) is 0 Å². The van der Waals surface area contributed by atoms with Gasteiger partial charge in [0.25, 0.3) is 0 Å². The molecule has 0 aliphatic heterocycles. The van der Waals surface area contributed by atoms with Crippen LogP contribution in [0.4, 0.5) is 0 Å². The molecular weight excluding hydrogens is 362 g/mol. The van der Waals surface area contributed by atoms with Gasteiger partial charge >= 0.3 is 0 Å². The van der Waals surface area contributed by atoms with Crippen molar-refractivity contribution in [3.8, 4) is 11.3 Å². The Morgan fingerprint density at radius 3 is 2.50 bits per heavy atom. The van der Waals surface area contributed by atoms with E-state index in [-0.39, 0.29) is 23.9 Å². The van der Waals surface area contributed by atoms with Crippen LogP contribution in [0.2, 0.25) is 0 Å². The van der Waals surface area contributed by atoms with Crippen LogP contribution in [0, 0.1) is 5.92 Å². The number of rotatable bonds is 5. The summed E-state index contributed by atoms with van der Waals surface area (Å²) in [4.78, 5) is 16.7. The van der Waals surface area contributed by atoms with Gasteiger partial charge in [-0.2, -0.15) is 0 Å². The number of benzene rings is 1. The molecule has 3 atom stereocenters. The molecule has 0 bridgehead atoms. The van der Waals surface area contributed by atoms with Crippen molar-refractivity contribution in [1.82, 2.24) is 10.3 Å². The smallest absolute Gasteiger partial charge is 0.224 e. The molecular formula is C16H20BrN3OS. The van der Waals surface area contributed by atoms with E-state index in [0.717, 1.165) is 20.7 Å². The molecule has 0 saturated heterocycles. The number of carbonyl (C=O) groups excluding carboxylic acids is 1. The summed E-state index contributed by atoms with van der Waals surface area (Å²) in [6.07, 6.45) is 0. The number of amides is 1. The molecule has 1 amide bonds. The maximum absolute atomic E-state index is 12.1. The Morgan fingerprint density at radius 1 is 1.27 bits per heavy atom. The molecule has 3 unspecified atom stereocenters. The third-order valence-corrected chi connectivity index (χ3v) is 5.15. The van der Waals surface area contributed by atoms with Gasteiger partial charge in [-0.1, -0.05) is 35.0 Å². The molecule has 4 nitrogen and oxygen atoms in total. The Bertz CT molecular complexity index is 639. The van der Waals surface area contributed by atoms with E-state index in [1.54, 1.807) is 11.3 Å². The van der Waals surface area contributed by atoms with Crippen LogP contribution < -0.4 is 11.1 Å². The molecule has 118 valence electrons. The van der Waals surface area contributed by atoms with Crippen molar-refractivity contribution < 1.29 is 4.79 Å². The molecule has 0 spiro atoms. The van der Waals surface area contributed by atoms with Gasteiger partial charge in [0, 0.05) is 27.4 Å². The highest BCUT2D eigenvalue weighted by molar-refractivity contribution is 9.10. The second kappa shape index (κ2) is 7.35. The zero-order valence-corrected chi connectivity index (χ0v) is 15.2. The number of halogens is 1. The van der Waals surface area contributed by atoms with Crippen molar-refractivity contribution in [2.75, 3.05) is 0 Å². The third-order valence-electron chi connectivity index (χ3n) is 3.59. The van der Waals surface area contributed by atoms with E-state index in [2.05, 4.69) is 26.2 Å². The summed E-state index contributed by atoms with van der Waals surface area (Å²) in [5.74, 6) is -0.253. The molecule has 2 aromatic rings. The fourth-order valence-electron chi connectivity index (χ4n) is 1.89. The van der Waals surface area contributed by atoms with Crippen LogP contribution in [-0.2, 0) is 4.79 Å². The Morgan fingerprint density at radius 2 is 1.91 bits per heavy atom. The number of hydrogen-bond acceptors (Lipinski definition) is 4. The van der Waals surface area contributed by atoms with Crippen molar-refractivity contribution in [3.63, 3.8) is 0 Å². The monoisotopic (exact) mass is 381 g/mol. The zero-order chi connectivity index (χ0) is 16.3. The molecule has 2 rings (SSSR count). The SMILES string of the molecule is CC(NC(=O)C(C)C(C)N)c1nc(-c2ccc(Br)cc2)cs1. The molecule has 6 heteroatoms. The molecule has 0 radical (unpaired) electrons. The molecule has 0 aliphatic carbocycles. The first-order valence-corrected chi connectivity index (χ1v) is 8.83. The standard InChI is InChI=1S/C16H20BrN3OS/c1-9(10(2)18)15(21)19-11(3)16-20-14(8-22-16)12-4-6-13(17)7-5-12/h4-11H,18H2,1-3H3,(H,19,21). The van der Waals surface area contributed by atoms with Crippen LogP contribution in [-0.4, -0.2) is 16.9 Å². The van der Waals surface area contributed by atoms with Crippen LogP contribution in [0.1, 0.15) is 31.8 Å². The average molecular weight is 382 g/mol. The number of nitrogens with one attached hydrogen (secondary N) is 1. The minimum Gasteiger partial charge on any atom is -0.347 e. The normalized spacial score (nSPS) is 15.1. The molecule has 0 fully saturated rings. The summed E-state index contributed by atoms with van der Waals surface area (Å²) in [5.41, 5.74) is 7.75. The molecule has 0 saturated carbocycles. The largest absolute Gasteiger partial charge is 0.347 e. The van der Waals surface area contributed by atoms with Crippen LogP contribution in [0.15, 0.2) is 34.1 Å². The van der Waals surface area contributed by atoms with Crippen LogP contribution in [0.25, 0.3) is 11.3 Å². The third kappa shape index (κ3) is 4.15. The Balaban J connectivity index is 2.07. The fourth-order valence-corrected chi connectivity index (χ4v) is 2.98. The molecule has 1 aromatic heterocycles. The van der Waals surface area contributed by atoms with Crippen LogP contribution >= 0.6 is 27.3 Å². The average Bonchev–Trinajstić information content (AvgIpc) is 2.96. The van der Waals surface area contributed by atoms with Crippen LogP contribution in [0.5, 0.6) is 0 Å². The minimum absolute atomic E-state index is 0.0390. The first-order valence-electron chi connectivity index (χ1n) is 7.15. The van der Waals surface area contributed by atoms with E-state index < -0.39 is 0 Å². The van der Waals surface area contributed by atoms with Crippen molar-refractivity contribution >= 4 is 33.2 Å². The highest BCUT2D eigenvalue weighted by Crippen LogP contribution is 2.26. The first kappa shape index (κ1) is 17.1. The van der Waals surface area contributed by atoms with E-state index >= 15 is 0 Å². The number of thiazole rings is 1. The maximum atomic E-state index is 12.1. The van der Waals surface area contributed by atoms with Gasteiger partial charge in [0.2, 0.25) is 5.91 Å². The summed E-state index contributed by atoms with van der Waals surface area (Å²) in [5, 5.41) is 5.87. The molecule has 0 aliphatic rings. The lowest BCUT2D eigenvalue weighted by molar-refractivity contribution is -0.125. The fraction of sp³-hybridized carbons (Fsp3) is 0.375. The highest BCUT2D eigenvalue weighted by atomic mass is 79.9. The van der Waals surface area contributed by atoms with Gasteiger partial charge in [0.15, 0.2) is 0 Å². The molecule has 1 aromatic carbocycles. The van der Waals surface area contributed by atoms with Gasteiger partial charge in [-0.3, -0.25) is 4.79 Å². The van der Waals surface area contributed by atoms with E-state index in [4.69, 9.17) is 5.73 Å². The number of carbonyl (C=O) groups is 1. The van der Waals surface area contributed by atoms with Crippen LogP contribution in [0.3, 0.4) is 0 Å². The van der Waals surface area contributed by atoms with Gasteiger partial charge in [-0.15, -0.1) is 11.3 Å². The number of hydrogen-bond donors (Lipinski definition) is 2. The lowest BCUT2D eigenvalue weighted by Crippen LogP contribution is -2.39. The topological polar surface area (TPSA) is 68.0 Å². The van der Waals surface area contributed by atoms with Gasteiger partial charge in [0.1, 0.15) is 5.01 Å². The first-order chi connectivity index (χ1) is 10.4. The summed E-state index contributed by atoms with van der Waals surface area (Å²) >= 11 is 4.97. The van der Waals surface area contributed by atoms with Gasteiger partial charge in [-0.05, 0) is 26.0 Å². The summed E-state index contributed by atoms with van der Waals surface area (Å²) < 4.78 is 1.04. The molecule has 22 heavy (non-hydrogen) atoms. The van der Waals surface area contributed by atoms with E-state index in [0.29, 0.717) is 0 Å². The van der Waals surface area contributed by atoms with E-state index in [1.165, 1.54) is 0 Å². The minimum atomic E-state index is -0.214. The zero-order valence-electron chi connectivity index (χ0n) is 12.8. The second-order valence-electron chi connectivity index (χ2n) is 5.46. The highest BCUT2D eigenvalue weighted by Gasteiger charge is 2.20. The lowest BCUT2D eigenvalue weighted by Gasteiger charge is -2.18. The Kier molecular flexibility index (Phi) is 5.72. The van der Waals surface area contributed by atoms with Gasteiger partial charge in [0.05, 0.1) is 11.7 Å². The quantitative estimate of drug-likeness (QED) is 0.828. The van der Waals surface area contributed by atoms with Gasteiger partial charge < -0.3 is 11.1 Å². The number of nitrogens with zero attached hydrogens (tertiary/aromatic N) is 1. The number of aromatic nitrogens is 1. The summed E-state index contributed by atoms with van der Waals surface area (Å²) in [6.45, 7) is 5.61. The van der Waals surface area contributed by atoms with Gasteiger partial charge in [-0.25, -0.2) is 4.98 Å². The lowest BCUT2D eigenvalue weighted by atomic mass is 10.0. The van der Waals surface area contributed by atoms with Crippen molar-refractivity contribution in [2.45, 2.75) is 32.9 Å². The Hall–Kier alpha value is -1.24. The molecule has 1 heterocycles. The van der Waals surface area contributed by atoms with E-state index in [9.17, 15) is 4.79 Å². The van der Waals surface area contributed by atoms with Crippen molar-refractivity contribution in [3.05, 3.63) is 39.1 Å². The van der Waals surface area contributed by atoms with Crippen molar-refractivity contribution in [2.24, 2.45) is 11.7 Å². The number of nitrogens with two attached hydrogens (primary N) is 1. The molecule has 3 N–H and O–H groups in total. The maximum Gasteiger partial charge on any atom is 0.224 e.